The lowest BCUT2D eigenvalue weighted by molar-refractivity contribution is -0.150. The zero-order chi connectivity index (χ0) is 20.4. The van der Waals surface area contributed by atoms with Crippen molar-refractivity contribution in [2.24, 2.45) is 34.5 Å². The van der Waals surface area contributed by atoms with Crippen molar-refractivity contribution in [1.82, 2.24) is 9.80 Å². The van der Waals surface area contributed by atoms with Crippen molar-refractivity contribution >= 4 is 11.8 Å². The fourth-order valence-corrected chi connectivity index (χ4v) is 7.52. The van der Waals surface area contributed by atoms with Crippen molar-refractivity contribution in [1.29, 1.82) is 0 Å². The fraction of sp³-hybridized carbons (Fsp3) is 0.826. The van der Waals surface area contributed by atoms with Gasteiger partial charge in [0.1, 0.15) is 0 Å². The Hall–Kier alpha value is -1.36. The molecule has 5 heteroatoms. The maximum Gasteiger partial charge on any atom is 0.246 e. The normalized spacial score (nSPS) is 45.5. The smallest absolute Gasteiger partial charge is 0.246 e. The number of likely N-dealkylation sites (N-methyl/N-ethyl adjacent to an activating group) is 1. The zero-order valence-corrected chi connectivity index (χ0v) is 18.1. The van der Waals surface area contributed by atoms with E-state index in [0.717, 1.165) is 38.6 Å². The van der Waals surface area contributed by atoms with Gasteiger partial charge in [-0.25, -0.2) is 0 Å². The summed E-state index contributed by atoms with van der Waals surface area (Å²) < 4.78 is 0. The first-order valence-electron chi connectivity index (χ1n) is 10.9. The average Bonchev–Trinajstić information content (AvgIpc) is 2.91. The standard InChI is InChI=1S/C23H36N2O3/c1-22-10-11-25(5)19(27)12-14(22)6-7-15-16-8-9-17(21(28)24(3)4)23(16,2)13-18(26)20(15)22/h12,15-18,20,26H,6-11,13H2,1-5H3/t15?,16?,17?,18-,20?,22-,23-/m0/s1. The van der Waals surface area contributed by atoms with Gasteiger partial charge in [-0.2, -0.15) is 0 Å². The van der Waals surface area contributed by atoms with Gasteiger partial charge < -0.3 is 14.9 Å². The minimum absolute atomic E-state index is 0.0229. The van der Waals surface area contributed by atoms with E-state index in [4.69, 9.17) is 0 Å². The van der Waals surface area contributed by atoms with Crippen LogP contribution in [0.5, 0.6) is 0 Å². The third-order valence-electron chi connectivity index (χ3n) is 9.05. The quantitative estimate of drug-likeness (QED) is 0.751. The van der Waals surface area contributed by atoms with Crippen molar-refractivity contribution < 1.29 is 14.7 Å². The molecule has 1 aliphatic heterocycles. The van der Waals surface area contributed by atoms with Crippen molar-refractivity contribution in [3.8, 4) is 0 Å². The summed E-state index contributed by atoms with van der Waals surface area (Å²) in [5, 5.41) is 11.4. The molecule has 0 aromatic rings. The average molecular weight is 389 g/mol. The van der Waals surface area contributed by atoms with Crippen LogP contribution in [0, 0.1) is 34.5 Å². The lowest BCUT2D eigenvalue weighted by atomic mass is 9.47. The van der Waals surface area contributed by atoms with Crippen LogP contribution in [-0.4, -0.2) is 60.5 Å². The predicted molar refractivity (Wildman–Crippen MR) is 108 cm³/mol. The molecule has 3 aliphatic carbocycles. The molecular formula is C23H36N2O3. The minimum atomic E-state index is -0.408. The van der Waals surface area contributed by atoms with Crippen molar-refractivity contribution in [2.75, 3.05) is 27.7 Å². The molecular weight excluding hydrogens is 352 g/mol. The number of hydrogen-bond acceptors (Lipinski definition) is 3. The molecule has 5 nitrogen and oxygen atoms in total. The van der Waals surface area contributed by atoms with Gasteiger partial charge in [0.15, 0.2) is 0 Å². The molecule has 0 spiro atoms. The van der Waals surface area contributed by atoms with E-state index in [1.165, 1.54) is 5.57 Å². The van der Waals surface area contributed by atoms with Gasteiger partial charge in [-0.05, 0) is 67.1 Å². The highest BCUT2D eigenvalue weighted by Gasteiger charge is 2.63. The summed E-state index contributed by atoms with van der Waals surface area (Å²) in [6.07, 6.45) is 7.08. The molecule has 28 heavy (non-hydrogen) atoms. The number of amides is 2. The molecule has 4 unspecified atom stereocenters. The van der Waals surface area contributed by atoms with Crippen LogP contribution in [-0.2, 0) is 9.59 Å². The Labute approximate surface area is 169 Å². The number of allylic oxidation sites excluding steroid dienone is 1. The van der Waals surface area contributed by atoms with Crippen LogP contribution in [0.2, 0.25) is 0 Å². The number of nitrogens with zero attached hydrogens (tertiary/aromatic N) is 2. The molecule has 1 N–H and O–H groups in total. The summed E-state index contributed by atoms with van der Waals surface area (Å²) in [6, 6.07) is 0. The van der Waals surface area contributed by atoms with Crippen molar-refractivity contribution in [3.05, 3.63) is 11.6 Å². The van der Waals surface area contributed by atoms with E-state index in [0.29, 0.717) is 18.3 Å². The van der Waals surface area contributed by atoms with E-state index in [1.807, 2.05) is 32.1 Å². The zero-order valence-electron chi connectivity index (χ0n) is 18.1. The third kappa shape index (κ3) is 2.68. The predicted octanol–water partition coefficient (Wildman–Crippen LogP) is 2.69. The summed E-state index contributed by atoms with van der Waals surface area (Å²) in [7, 11) is 5.57. The topological polar surface area (TPSA) is 60.9 Å². The van der Waals surface area contributed by atoms with Gasteiger partial charge in [-0.15, -0.1) is 0 Å². The molecule has 0 aromatic carbocycles. The van der Waals surface area contributed by atoms with Crippen LogP contribution in [0.1, 0.15) is 52.4 Å². The second-order valence-electron chi connectivity index (χ2n) is 10.6. The maximum atomic E-state index is 12.9. The molecule has 4 rings (SSSR count). The fourth-order valence-electron chi connectivity index (χ4n) is 7.52. The Morgan fingerprint density at radius 3 is 2.64 bits per heavy atom. The molecule has 1 heterocycles. The van der Waals surface area contributed by atoms with Crippen LogP contribution in [0.15, 0.2) is 11.6 Å². The van der Waals surface area contributed by atoms with E-state index >= 15 is 0 Å². The minimum Gasteiger partial charge on any atom is -0.393 e. The molecule has 3 fully saturated rings. The molecule has 0 saturated heterocycles. The van der Waals surface area contributed by atoms with Gasteiger partial charge in [0.05, 0.1) is 6.10 Å². The molecule has 0 bridgehead atoms. The van der Waals surface area contributed by atoms with Crippen molar-refractivity contribution in [3.63, 3.8) is 0 Å². The Bertz CT molecular complexity index is 717. The summed E-state index contributed by atoms with van der Waals surface area (Å²) in [5.41, 5.74) is 1.01. The monoisotopic (exact) mass is 388 g/mol. The van der Waals surface area contributed by atoms with Gasteiger partial charge in [-0.1, -0.05) is 19.4 Å². The number of rotatable bonds is 1. The molecule has 3 saturated carbocycles. The van der Waals surface area contributed by atoms with Crippen LogP contribution in [0.25, 0.3) is 0 Å². The van der Waals surface area contributed by atoms with Crippen LogP contribution in [0.3, 0.4) is 0 Å². The Morgan fingerprint density at radius 2 is 1.96 bits per heavy atom. The number of aliphatic hydroxyl groups is 1. The van der Waals surface area contributed by atoms with Crippen molar-refractivity contribution in [2.45, 2.75) is 58.5 Å². The van der Waals surface area contributed by atoms with E-state index in [2.05, 4.69) is 13.8 Å². The summed E-state index contributed by atoms with van der Waals surface area (Å²) >= 11 is 0. The van der Waals surface area contributed by atoms with Gasteiger partial charge in [0.25, 0.3) is 0 Å². The first kappa shape index (κ1) is 19.9. The van der Waals surface area contributed by atoms with Crippen LogP contribution >= 0.6 is 0 Å². The maximum absolute atomic E-state index is 12.9. The van der Waals surface area contributed by atoms with E-state index < -0.39 is 6.10 Å². The number of carbonyl (C=O) groups excluding carboxylic acids is 2. The summed E-state index contributed by atoms with van der Waals surface area (Å²) in [6.45, 7) is 5.29. The largest absolute Gasteiger partial charge is 0.393 e. The number of hydrogen-bond donors (Lipinski definition) is 1. The van der Waals surface area contributed by atoms with E-state index in [-0.39, 0.29) is 34.5 Å². The lowest BCUT2D eigenvalue weighted by Gasteiger charge is -2.59. The molecule has 2 amide bonds. The SMILES string of the molecule is CN(C)C(=O)C1CCC2C3CCC4=CC(=O)N(C)CC[C@]4(C)C3[C@@H](O)C[C@]12C. The van der Waals surface area contributed by atoms with E-state index in [1.54, 1.807) is 4.90 Å². The first-order valence-corrected chi connectivity index (χ1v) is 10.9. The van der Waals surface area contributed by atoms with Crippen LogP contribution in [0.4, 0.5) is 0 Å². The molecule has 0 aromatic heterocycles. The molecule has 0 radical (unpaired) electrons. The first-order chi connectivity index (χ1) is 13.1. The van der Waals surface area contributed by atoms with Gasteiger partial charge in [0, 0.05) is 39.7 Å². The molecule has 156 valence electrons. The Balaban J connectivity index is 1.69. The number of aliphatic hydroxyl groups excluding tert-OH is 1. The third-order valence-corrected chi connectivity index (χ3v) is 9.05. The summed E-state index contributed by atoms with van der Waals surface area (Å²) in [4.78, 5) is 28.8. The Kier molecular flexibility index (Phi) is 4.68. The molecule has 7 atom stereocenters. The molecule has 4 aliphatic rings. The Morgan fingerprint density at radius 1 is 1.25 bits per heavy atom. The van der Waals surface area contributed by atoms with E-state index in [9.17, 15) is 14.7 Å². The van der Waals surface area contributed by atoms with Gasteiger partial charge in [-0.3, -0.25) is 9.59 Å². The highest BCUT2D eigenvalue weighted by atomic mass is 16.3. The summed E-state index contributed by atoms with van der Waals surface area (Å²) in [5.74, 6) is 1.47. The highest BCUT2D eigenvalue weighted by molar-refractivity contribution is 5.88. The number of fused-ring (bicyclic) bond motifs is 5. The second-order valence-corrected chi connectivity index (χ2v) is 10.6. The van der Waals surface area contributed by atoms with Gasteiger partial charge in [0.2, 0.25) is 11.8 Å². The van der Waals surface area contributed by atoms with Gasteiger partial charge >= 0.3 is 0 Å². The lowest BCUT2D eigenvalue weighted by Crippen LogP contribution is -2.57. The second kappa shape index (κ2) is 6.58. The van der Waals surface area contributed by atoms with Crippen LogP contribution < -0.4 is 0 Å². The number of carbonyl (C=O) groups is 2. The highest BCUT2D eigenvalue weighted by Crippen LogP contribution is 2.66.